The molecule has 0 radical (unpaired) electrons. The van der Waals surface area contributed by atoms with Crippen molar-refractivity contribution >= 4 is 35.2 Å². The number of rotatable bonds is 13. The lowest BCUT2D eigenvalue weighted by Gasteiger charge is -2.18. The maximum atomic E-state index is 13.1. The van der Waals surface area contributed by atoms with Crippen LogP contribution in [0.3, 0.4) is 0 Å². The molecule has 4 rings (SSSR count). The summed E-state index contributed by atoms with van der Waals surface area (Å²) < 4.78 is 0. The highest BCUT2D eigenvalue weighted by molar-refractivity contribution is 8.04. The second-order valence-electron chi connectivity index (χ2n) is 10.5. The molecule has 41 heavy (non-hydrogen) atoms. The van der Waals surface area contributed by atoms with Crippen molar-refractivity contribution in [3.8, 4) is 0 Å². The van der Waals surface area contributed by atoms with Crippen molar-refractivity contribution in [1.82, 2.24) is 20.4 Å². The van der Waals surface area contributed by atoms with E-state index in [9.17, 15) is 14.4 Å². The number of nitrogens with zero attached hydrogens (tertiary/aromatic N) is 2. The van der Waals surface area contributed by atoms with E-state index in [0.717, 1.165) is 37.3 Å². The third-order valence-corrected chi connectivity index (χ3v) is 8.84. The number of hydrogen-bond acceptors (Lipinski definition) is 7. The van der Waals surface area contributed by atoms with Crippen LogP contribution in [0, 0.1) is 0 Å². The third kappa shape index (κ3) is 8.27. The summed E-state index contributed by atoms with van der Waals surface area (Å²) in [6.45, 7) is 9.07. The van der Waals surface area contributed by atoms with Crippen LogP contribution in [-0.4, -0.2) is 78.6 Å². The van der Waals surface area contributed by atoms with Gasteiger partial charge in [-0.15, -0.1) is 0 Å². The molecule has 0 aromatic heterocycles. The summed E-state index contributed by atoms with van der Waals surface area (Å²) in [4.78, 5) is 42.7. The zero-order chi connectivity index (χ0) is 29.2. The summed E-state index contributed by atoms with van der Waals surface area (Å²) in [5.41, 5.74) is 8.78. The summed E-state index contributed by atoms with van der Waals surface area (Å²) in [6.07, 6.45) is 3.46. The maximum absolute atomic E-state index is 13.1. The molecule has 220 valence electrons. The Balaban J connectivity index is 1.29. The molecule has 0 bridgehead atoms. The molecule has 2 saturated heterocycles. The summed E-state index contributed by atoms with van der Waals surface area (Å²) in [7, 11) is 0. The van der Waals surface area contributed by atoms with E-state index in [4.69, 9.17) is 5.73 Å². The summed E-state index contributed by atoms with van der Waals surface area (Å²) in [6, 6.07) is 17.2. The average Bonchev–Trinajstić information content (AvgIpc) is 3.64. The second-order valence-corrected chi connectivity index (χ2v) is 11.7. The quantitative estimate of drug-likeness (QED) is 0.213. The van der Waals surface area contributed by atoms with Crippen molar-refractivity contribution in [2.45, 2.75) is 44.3 Å². The molecule has 9 nitrogen and oxygen atoms in total. The number of amides is 3. The highest BCUT2D eigenvalue weighted by Crippen LogP contribution is 2.36. The Labute approximate surface area is 247 Å². The first-order chi connectivity index (χ1) is 19.9. The number of anilines is 1. The van der Waals surface area contributed by atoms with Gasteiger partial charge in [0.25, 0.3) is 11.8 Å². The van der Waals surface area contributed by atoms with Gasteiger partial charge >= 0.3 is 0 Å². The van der Waals surface area contributed by atoms with E-state index in [0.29, 0.717) is 36.8 Å². The molecule has 2 aliphatic rings. The fourth-order valence-electron chi connectivity index (χ4n) is 5.09. The van der Waals surface area contributed by atoms with Gasteiger partial charge in [-0.25, -0.2) is 0 Å². The van der Waals surface area contributed by atoms with Gasteiger partial charge in [-0.2, -0.15) is 0 Å². The fraction of sp³-hybridized carbons (Fsp3) is 0.452. The van der Waals surface area contributed by atoms with Gasteiger partial charge in [-0.05, 0) is 75.5 Å². The molecule has 2 aliphatic heterocycles. The molecular weight excluding hydrogens is 536 g/mol. The molecule has 2 heterocycles. The standard InChI is InChI=1S/C31H42N6O3S/c1-3-37-30(40)26(41-31(37)27(32)29(39)35-20-22(2)23-11-5-4-6-12-23)21-34-25-14-9-13-24(19-25)28(38)33-15-10-18-36-16-7-8-17-36/h4-6,9,11-14,19,22,26,34H,3,7-8,10,15-18,20-21,32H2,1-2H3,(H,33,38)(H,35,39)/b31-27+/t22?,26-/m1/s1. The third-order valence-electron chi connectivity index (χ3n) is 7.52. The largest absolute Gasteiger partial charge is 0.392 e. The molecule has 2 atom stereocenters. The monoisotopic (exact) mass is 578 g/mol. The second kappa shape index (κ2) is 14.9. The van der Waals surface area contributed by atoms with Gasteiger partial charge in [0, 0.05) is 37.4 Å². The first-order valence-corrected chi connectivity index (χ1v) is 15.4. The molecule has 0 spiro atoms. The van der Waals surface area contributed by atoms with Crippen LogP contribution in [0.1, 0.15) is 54.9 Å². The van der Waals surface area contributed by atoms with Crippen molar-refractivity contribution in [3.05, 3.63) is 76.5 Å². The average molecular weight is 579 g/mol. The zero-order valence-corrected chi connectivity index (χ0v) is 24.8. The highest BCUT2D eigenvalue weighted by atomic mass is 32.2. The van der Waals surface area contributed by atoms with Gasteiger partial charge in [-0.1, -0.05) is 55.1 Å². The summed E-state index contributed by atoms with van der Waals surface area (Å²) in [5, 5.41) is 9.25. The predicted molar refractivity (Wildman–Crippen MR) is 165 cm³/mol. The van der Waals surface area contributed by atoms with Gasteiger partial charge in [0.15, 0.2) is 0 Å². The zero-order valence-electron chi connectivity index (χ0n) is 24.0. The van der Waals surface area contributed by atoms with Crippen LogP contribution in [0.2, 0.25) is 0 Å². The number of carbonyl (C=O) groups is 3. The number of likely N-dealkylation sites (tertiary alicyclic amines) is 1. The summed E-state index contributed by atoms with van der Waals surface area (Å²) in [5.74, 6) is -0.457. The number of hydrogen-bond donors (Lipinski definition) is 4. The van der Waals surface area contributed by atoms with Crippen LogP contribution < -0.4 is 21.7 Å². The number of nitrogens with two attached hydrogens (primary N) is 1. The van der Waals surface area contributed by atoms with Crippen LogP contribution in [0.25, 0.3) is 0 Å². The van der Waals surface area contributed by atoms with Gasteiger partial charge < -0.3 is 31.5 Å². The van der Waals surface area contributed by atoms with E-state index in [2.05, 4.69) is 20.9 Å². The molecule has 1 unspecified atom stereocenters. The number of nitrogens with one attached hydrogen (secondary N) is 3. The Morgan fingerprint density at radius 1 is 1.07 bits per heavy atom. The number of benzene rings is 2. The van der Waals surface area contributed by atoms with Crippen molar-refractivity contribution in [3.63, 3.8) is 0 Å². The minimum atomic E-state index is -0.442. The van der Waals surface area contributed by atoms with Gasteiger partial charge in [0.2, 0.25) is 5.91 Å². The number of thioether (sulfide) groups is 1. The smallest absolute Gasteiger partial charge is 0.269 e. The molecule has 10 heteroatoms. The molecule has 5 N–H and O–H groups in total. The highest BCUT2D eigenvalue weighted by Gasteiger charge is 2.38. The molecule has 0 aliphatic carbocycles. The molecule has 2 aromatic carbocycles. The molecule has 0 saturated carbocycles. The van der Waals surface area contributed by atoms with E-state index >= 15 is 0 Å². The Kier molecular flexibility index (Phi) is 11.1. The lowest BCUT2D eigenvalue weighted by atomic mass is 10.0. The van der Waals surface area contributed by atoms with E-state index in [-0.39, 0.29) is 29.3 Å². The Bertz CT molecular complexity index is 1230. The topological polar surface area (TPSA) is 120 Å². The van der Waals surface area contributed by atoms with Crippen LogP contribution in [0.5, 0.6) is 0 Å². The fourth-order valence-corrected chi connectivity index (χ4v) is 6.32. The predicted octanol–water partition coefficient (Wildman–Crippen LogP) is 3.33. The SMILES string of the molecule is CCN1C(=O)[C@@H](CNc2cccc(C(=O)NCCCN3CCCC3)c2)S/C1=C(/N)C(=O)NCC(C)c1ccccc1. The van der Waals surface area contributed by atoms with Crippen LogP contribution >= 0.6 is 11.8 Å². The Morgan fingerprint density at radius 3 is 2.56 bits per heavy atom. The number of carbonyl (C=O) groups excluding carboxylic acids is 3. The van der Waals surface area contributed by atoms with E-state index in [1.165, 1.54) is 24.6 Å². The Hall–Kier alpha value is -3.50. The molecule has 2 fully saturated rings. The molecular formula is C31H42N6O3S. The van der Waals surface area contributed by atoms with E-state index in [1.54, 1.807) is 17.0 Å². The van der Waals surface area contributed by atoms with Crippen molar-refractivity contribution in [2.75, 3.05) is 51.1 Å². The lowest BCUT2D eigenvalue weighted by Crippen LogP contribution is -2.36. The van der Waals surface area contributed by atoms with Crippen molar-refractivity contribution < 1.29 is 14.4 Å². The first kappa shape index (κ1) is 30.5. The van der Waals surface area contributed by atoms with E-state index in [1.807, 2.05) is 56.3 Å². The van der Waals surface area contributed by atoms with Gasteiger partial charge in [0.1, 0.15) is 16.0 Å². The van der Waals surface area contributed by atoms with Gasteiger partial charge in [0.05, 0.1) is 0 Å². The normalized spacial score (nSPS) is 19.2. The van der Waals surface area contributed by atoms with Crippen molar-refractivity contribution in [1.29, 1.82) is 0 Å². The van der Waals surface area contributed by atoms with Crippen molar-refractivity contribution in [2.24, 2.45) is 5.73 Å². The van der Waals surface area contributed by atoms with Crippen LogP contribution in [0.15, 0.2) is 65.3 Å². The first-order valence-electron chi connectivity index (χ1n) is 14.5. The molecule has 3 amide bonds. The minimum Gasteiger partial charge on any atom is -0.392 e. The Morgan fingerprint density at radius 2 is 1.83 bits per heavy atom. The van der Waals surface area contributed by atoms with E-state index < -0.39 is 5.25 Å². The maximum Gasteiger partial charge on any atom is 0.269 e. The summed E-state index contributed by atoms with van der Waals surface area (Å²) >= 11 is 1.30. The molecule has 2 aromatic rings. The van der Waals surface area contributed by atoms with Crippen LogP contribution in [-0.2, 0) is 9.59 Å². The minimum absolute atomic E-state index is 0.0522. The van der Waals surface area contributed by atoms with Gasteiger partial charge in [-0.3, -0.25) is 14.4 Å². The van der Waals surface area contributed by atoms with Crippen LogP contribution in [0.4, 0.5) is 5.69 Å². The lowest BCUT2D eigenvalue weighted by molar-refractivity contribution is -0.127.